The molecule has 1 fully saturated rings. The van der Waals surface area contributed by atoms with Gasteiger partial charge in [-0.15, -0.1) is 0 Å². The Hall–Kier alpha value is -2.28. The van der Waals surface area contributed by atoms with Gasteiger partial charge in [0, 0.05) is 55.8 Å². The van der Waals surface area contributed by atoms with Gasteiger partial charge in [-0.25, -0.2) is 9.36 Å². The zero-order valence-electron chi connectivity index (χ0n) is 15.3. The van der Waals surface area contributed by atoms with Crippen molar-refractivity contribution in [3.63, 3.8) is 0 Å². The molecule has 0 aliphatic carbocycles. The summed E-state index contributed by atoms with van der Waals surface area (Å²) in [6.07, 6.45) is 1.65. The average Bonchev–Trinajstić information content (AvgIpc) is 2.50. The van der Waals surface area contributed by atoms with Crippen LogP contribution in [0.4, 0.5) is 0 Å². The Labute approximate surface area is 146 Å². The molecule has 1 aliphatic rings. The lowest BCUT2D eigenvalue weighted by Gasteiger charge is -2.39. The Morgan fingerprint density at radius 2 is 1.88 bits per heavy atom. The van der Waals surface area contributed by atoms with Crippen molar-refractivity contribution in [1.29, 1.82) is 0 Å². The van der Waals surface area contributed by atoms with Crippen molar-refractivity contribution in [3.05, 3.63) is 56.4 Å². The molecule has 0 radical (unpaired) electrons. The Kier molecular flexibility index (Phi) is 4.60. The molecule has 0 spiro atoms. The first-order chi connectivity index (χ1) is 11.7. The summed E-state index contributed by atoms with van der Waals surface area (Å²) < 4.78 is 2.93. The van der Waals surface area contributed by atoms with E-state index in [0.29, 0.717) is 19.0 Å². The van der Waals surface area contributed by atoms with Gasteiger partial charge in [0.25, 0.3) is 11.1 Å². The summed E-state index contributed by atoms with van der Waals surface area (Å²) in [6.45, 7) is 9.22. The summed E-state index contributed by atoms with van der Waals surface area (Å²) in [5, 5.41) is 8.46. The first kappa shape index (κ1) is 17.5. The molecule has 7 heteroatoms. The van der Waals surface area contributed by atoms with E-state index < -0.39 is 0 Å². The first-order valence-corrected chi connectivity index (χ1v) is 8.56. The van der Waals surface area contributed by atoms with Crippen molar-refractivity contribution < 1.29 is 0 Å². The molecule has 0 bridgehead atoms. The lowest BCUT2D eigenvalue weighted by molar-refractivity contribution is 0.0757. The van der Waals surface area contributed by atoms with Crippen LogP contribution in [0.5, 0.6) is 0 Å². The fourth-order valence-electron chi connectivity index (χ4n) is 3.06. The minimum atomic E-state index is -0.0809. The SMILES string of the molecule is Cn1nccc(CN2CC(Cn3nc(C(C)(C)C)ccc3=O)C2)c1=O. The minimum Gasteiger partial charge on any atom is -0.298 e. The Balaban J connectivity index is 1.62. The molecular formula is C18H25N5O2. The highest BCUT2D eigenvalue weighted by Gasteiger charge is 2.28. The largest absolute Gasteiger partial charge is 0.298 e. The molecule has 0 unspecified atom stereocenters. The van der Waals surface area contributed by atoms with Crippen molar-refractivity contribution in [3.8, 4) is 0 Å². The maximum absolute atomic E-state index is 12.1. The number of aromatic nitrogens is 4. The van der Waals surface area contributed by atoms with Gasteiger partial charge in [0.2, 0.25) is 0 Å². The van der Waals surface area contributed by atoms with E-state index >= 15 is 0 Å². The second-order valence-electron chi connectivity index (χ2n) is 7.83. The van der Waals surface area contributed by atoms with Gasteiger partial charge in [-0.1, -0.05) is 20.8 Å². The van der Waals surface area contributed by atoms with Crippen LogP contribution < -0.4 is 11.1 Å². The molecule has 25 heavy (non-hydrogen) atoms. The smallest absolute Gasteiger partial charge is 0.270 e. The average molecular weight is 343 g/mol. The van der Waals surface area contributed by atoms with Gasteiger partial charge in [-0.05, 0) is 12.1 Å². The molecular weight excluding hydrogens is 318 g/mol. The molecule has 134 valence electrons. The van der Waals surface area contributed by atoms with Crippen LogP contribution in [0.3, 0.4) is 0 Å². The third-order valence-corrected chi connectivity index (χ3v) is 4.58. The maximum atomic E-state index is 12.1. The molecule has 0 N–H and O–H groups in total. The second kappa shape index (κ2) is 6.55. The topological polar surface area (TPSA) is 73.0 Å². The molecule has 3 heterocycles. The summed E-state index contributed by atoms with van der Waals surface area (Å²) in [4.78, 5) is 26.3. The summed E-state index contributed by atoms with van der Waals surface area (Å²) in [5.41, 5.74) is 1.48. The van der Waals surface area contributed by atoms with Crippen molar-refractivity contribution in [2.75, 3.05) is 13.1 Å². The highest BCUT2D eigenvalue weighted by atomic mass is 16.1. The van der Waals surface area contributed by atoms with Crippen LogP contribution in [0.2, 0.25) is 0 Å². The monoisotopic (exact) mass is 343 g/mol. The fourth-order valence-corrected chi connectivity index (χ4v) is 3.06. The van der Waals surface area contributed by atoms with Crippen molar-refractivity contribution in [2.24, 2.45) is 13.0 Å². The molecule has 1 aliphatic heterocycles. The highest BCUT2D eigenvalue weighted by Crippen LogP contribution is 2.20. The van der Waals surface area contributed by atoms with Gasteiger partial charge in [-0.3, -0.25) is 14.5 Å². The molecule has 2 aromatic heterocycles. The van der Waals surface area contributed by atoms with Gasteiger partial charge in [-0.2, -0.15) is 10.2 Å². The van der Waals surface area contributed by atoms with Crippen molar-refractivity contribution in [1.82, 2.24) is 24.5 Å². The third kappa shape index (κ3) is 3.87. The summed E-state index contributed by atoms with van der Waals surface area (Å²) >= 11 is 0. The van der Waals surface area contributed by atoms with Crippen LogP contribution in [0.1, 0.15) is 32.0 Å². The Bertz CT molecular complexity index is 872. The van der Waals surface area contributed by atoms with E-state index in [1.807, 2.05) is 6.07 Å². The van der Waals surface area contributed by atoms with E-state index in [9.17, 15) is 9.59 Å². The van der Waals surface area contributed by atoms with E-state index in [2.05, 4.69) is 35.9 Å². The molecule has 0 amide bonds. The van der Waals surface area contributed by atoms with Gasteiger partial charge in [0.05, 0.1) is 12.2 Å². The second-order valence-corrected chi connectivity index (χ2v) is 7.83. The van der Waals surface area contributed by atoms with E-state index in [-0.39, 0.29) is 16.5 Å². The molecule has 3 rings (SSSR count). The lowest BCUT2D eigenvalue weighted by atomic mass is 9.92. The lowest BCUT2D eigenvalue weighted by Crippen LogP contribution is -2.49. The minimum absolute atomic E-state index is 0.0540. The van der Waals surface area contributed by atoms with Gasteiger partial charge < -0.3 is 0 Å². The standard InChI is InChI=1S/C18H25N5O2/c1-18(2,3)15-5-6-16(24)23(20-15)11-13-9-22(10-13)12-14-7-8-19-21(4)17(14)25/h5-8,13H,9-12H2,1-4H3. The number of hydrogen-bond donors (Lipinski definition) is 0. The van der Waals surface area contributed by atoms with E-state index in [1.54, 1.807) is 30.1 Å². The van der Waals surface area contributed by atoms with Crippen LogP contribution >= 0.6 is 0 Å². The molecule has 1 saturated heterocycles. The summed E-state index contributed by atoms with van der Waals surface area (Å²) in [6, 6.07) is 5.18. The van der Waals surface area contributed by atoms with Crippen LogP contribution in [-0.2, 0) is 25.6 Å². The Morgan fingerprint density at radius 3 is 2.56 bits per heavy atom. The quantitative estimate of drug-likeness (QED) is 0.820. The molecule has 0 atom stereocenters. The van der Waals surface area contributed by atoms with Crippen LogP contribution in [0.15, 0.2) is 34.0 Å². The number of nitrogens with zero attached hydrogens (tertiary/aromatic N) is 5. The molecule has 0 saturated carbocycles. The van der Waals surface area contributed by atoms with E-state index in [0.717, 1.165) is 24.3 Å². The van der Waals surface area contributed by atoms with E-state index in [1.165, 1.54) is 4.68 Å². The predicted molar refractivity (Wildman–Crippen MR) is 95.4 cm³/mol. The molecule has 0 aromatic carbocycles. The van der Waals surface area contributed by atoms with Gasteiger partial charge in [0.15, 0.2) is 0 Å². The third-order valence-electron chi connectivity index (χ3n) is 4.58. The summed E-state index contributed by atoms with van der Waals surface area (Å²) in [5.74, 6) is 0.381. The zero-order valence-corrected chi connectivity index (χ0v) is 15.3. The normalized spacial score (nSPS) is 16.0. The summed E-state index contributed by atoms with van der Waals surface area (Å²) in [7, 11) is 1.66. The van der Waals surface area contributed by atoms with Crippen molar-refractivity contribution >= 4 is 0 Å². The van der Waals surface area contributed by atoms with Crippen molar-refractivity contribution in [2.45, 2.75) is 39.3 Å². The predicted octanol–water partition coefficient (Wildman–Crippen LogP) is 0.766. The van der Waals surface area contributed by atoms with Gasteiger partial charge >= 0.3 is 0 Å². The van der Waals surface area contributed by atoms with Crippen LogP contribution in [-0.4, -0.2) is 37.6 Å². The number of hydrogen-bond acceptors (Lipinski definition) is 5. The molecule has 2 aromatic rings. The number of likely N-dealkylation sites (tertiary alicyclic amines) is 1. The fraction of sp³-hybridized carbons (Fsp3) is 0.556. The number of aryl methyl sites for hydroxylation is 1. The van der Waals surface area contributed by atoms with E-state index in [4.69, 9.17) is 0 Å². The number of rotatable bonds is 4. The molecule has 7 nitrogen and oxygen atoms in total. The van der Waals surface area contributed by atoms with Crippen LogP contribution in [0.25, 0.3) is 0 Å². The first-order valence-electron chi connectivity index (χ1n) is 8.56. The van der Waals surface area contributed by atoms with Gasteiger partial charge in [0.1, 0.15) is 0 Å². The Morgan fingerprint density at radius 1 is 1.16 bits per heavy atom. The van der Waals surface area contributed by atoms with Crippen LogP contribution in [0, 0.1) is 5.92 Å². The maximum Gasteiger partial charge on any atom is 0.270 e. The highest BCUT2D eigenvalue weighted by molar-refractivity contribution is 5.11. The zero-order chi connectivity index (χ0) is 18.2.